The van der Waals surface area contributed by atoms with Crippen LogP contribution < -0.4 is 10.1 Å². The average molecular weight is 322 g/mol. The first-order valence-electron chi connectivity index (χ1n) is 6.17. The van der Waals surface area contributed by atoms with Gasteiger partial charge in [0.15, 0.2) is 4.96 Å². The Hall–Kier alpha value is -2.05. The van der Waals surface area contributed by atoms with Gasteiger partial charge >= 0.3 is 0 Å². The van der Waals surface area contributed by atoms with Crippen molar-refractivity contribution < 1.29 is 9.53 Å². The van der Waals surface area contributed by atoms with Crippen molar-refractivity contribution in [3.63, 3.8) is 0 Å². The molecule has 0 saturated carbocycles. The van der Waals surface area contributed by atoms with E-state index in [1.807, 2.05) is 17.5 Å². The van der Waals surface area contributed by atoms with Gasteiger partial charge in [-0.3, -0.25) is 9.20 Å². The van der Waals surface area contributed by atoms with E-state index in [2.05, 4.69) is 10.3 Å². The molecule has 21 heavy (non-hydrogen) atoms. The zero-order chi connectivity index (χ0) is 15.0. The van der Waals surface area contributed by atoms with Gasteiger partial charge in [0.2, 0.25) is 0 Å². The van der Waals surface area contributed by atoms with Crippen LogP contribution in [0.5, 0.6) is 5.75 Å². The molecule has 0 aliphatic rings. The van der Waals surface area contributed by atoms with Crippen LogP contribution in [0.3, 0.4) is 0 Å². The second-order valence-electron chi connectivity index (χ2n) is 4.46. The van der Waals surface area contributed by atoms with Crippen LogP contribution in [0.1, 0.15) is 15.4 Å². The van der Waals surface area contributed by atoms with E-state index in [9.17, 15) is 4.79 Å². The van der Waals surface area contributed by atoms with Crippen LogP contribution in [0.4, 0.5) is 5.69 Å². The normalized spacial score (nSPS) is 10.8. The van der Waals surface area contributed by atoms with Gasteiger partial charge in [-0.05, 0) is 25.1 Å². The maximum Gasteiger partial charge on any atom is 0.276 e. The largest absolute Gasteiger partial charge is 0.495 e. The molecule has 7 heteroatoms. The van der Waals surface area contributed by atoms with Gasteiger partial charge in [0.1, 0.15) is 11.4 Å². The third kappa shape index (κ3) is 2.72. The topological polar surface area (TPSA) is 55.6 Å². The molecule has 2 heterocycles. The number of carbonyl (C=O) groups excluding carboxylic acids is 1. The number of nitrogens with zero attached hydrogens (tertiary/aromatic N) is 2. The molecule has 0 unspecified atom stereocenters. The number of nitrogens with one attached hydrogen (secondary N) is 1. The second-order valence-corrected chi connectivity index (χ2v) is 6.11. The molecule has 1 amide bonds. The fourth-order valence-electron chi connectivity index (χ4n) is 1.98. The van der Waals surface area contributed by atoms with Crippen LogP contribution >= 0.6 is 22.9 Å². The molecule has 0 bridgehead atoms. The number of imidazole rings is 1. The Bertz CT molecular complexity index is 793. The van der Waals surface area contributed by atoms with Gasteiger partial charge in [-0.1, -0.05) is 11.6 Å². The number of hydrogen-bond acceptors (Lipinski definition) is 4. The number of halogens is 1. The summed E-state index contributed by atoms with van der Waals surface area (Å²) in [6.45, 7) is 2.00. The van der Waals surface area contributed by atoms with Crippen LogP contribution in [0.2, 0.25) is 5.02 Å². The van der Waals surface area contributed by atoms with Crippen molar-refractivity contribution in [3.05, 3.63) is 46.2 Å². The van der Waals surface area contributed by atoms with Gasteiger partial charge in [0.05, 0.1) is 12.8 Å². The summed E-state index contributed by atoms with van der Waals surface area (Å²) in [5, 5.41) is 3.29. The third-order valence-electron chi connectivity index (χ3n) is 2.91. The molecule has 0 spiro atoms. The number of aryl methyl sites for hydroxylation is 1. The summed E-state index contributed by atoms with van der Waals surface area (Å²) in [7, 11) is 1.54. The lowest BCUT2D eigenvalue weighted by Gasteiger charge is -2.09. The number of methoxy groups -OCH3 is 1. The summed E-state index contributed by atoms with van der Waals surface area (Å²) in [6.07, 6.45) is 3.63. The molecular weight excluding hydrogens is 310 g/mol. The molecule has 1 aromatic carbocycles. The number of amides is 1. The van der Waals surface area contributed by atoms with E-state index in [1.165, 1.54) is 18.4 Å². The van der Waals surface area contributed by atoms with Crippen molar-refractivity contribution in [2.45, 2.75) is 6.92 Å². The Morgan fingerprint density at radius 1 is 1.43 bits per heavy atom. The minimum absolute atomic E-state index is 0.302. The monoisotopic (exact) mass is 321 g/mol. The molecule has 0 fully saturated rings. The summed E-state index contributed by atoms with van der Waals surface area (Å²) < 4.78 is 7.04. The Labute approximate surface area is 130 Å². The van der Waals surface area contributed by atoms with Crippen molar-refractivity contribution in [2.24, 2.45) is 0 Å². The molecule has 5 nitrogen and oxygen atoms in total. The molecule has 0 aliphatic heterocycles. The second kappa shape index (κ2) is 5.38. The van der Waals surface area contributed by atoms with Crippen LogP contribution in [0, 0.1) is 6.92 Å². The van der Waals surface area contributed by atoms with Crippen LogP contribution in [0.25, 0.3) is 4.96 Å². The molecule has 3 rings (SSSR count). The van der Waals surface area contributed by atoms with Crippen molar-refractivity contribution in [2.75, 3.05) is 12.4 Å². The van der Waals surface area contributed by atoms with Gasteiger partial charge in [-0.2, -0.15) is 0 Å². The first-order valence-corrected chi connectivity index (χ1v) is 7.36. The molecule has 0 atom stereocenters. The third-order valence-corrected chi connectivity index (χ3v) is 4.06. The lowest BCUT2D eigenvalue weighted by molar-refractivity contribution is 0.102. The van der Waals surface area contributed by atoms with Gasteiger partial charge < -0.3 is 10.1 Å². The van der Waals surface area contributed by atoms with E-state index in [-0.39, 0.29) is 5.91 Å². The lowest BCUT2D eigenvalue weighted by Crippen LogP contribution is -2.13. The summed E-state index contributed by atoms with van der Waals surface area (Å²) in [4.78, 5) is 18.5. The quantitative estimate of drug-likeness (QED) is 0.801. The fraction of sp³-hybridized carbons (Fsp3) is 0.143. The number of anilines is 1. The number of benzene rings is 1. The zero-order valence-electron chi connectivity index (χ0n) is 11.4. The van der Waals surface area contributed by atoms with Crippen molar-refractivity contribution >= 4 is 39.5 Å². The van der Waals surface area contributed by atoms with E-state index >= 15 is 0 Å². The molecule has 0 aliphatic carbocycles. The summed E-state index contributed by atoms with van der Waals surface area (Å²) in [5.74, 6) is 0.244. The van der Waals surface area contributed by atoms with Gasteiger partial charge in [-0.25, -0.2) is 4.98 Å². The molecular formula is C14H12ClN3O2S. The van der Waals surface area contributed by atoms with Crippen LogP contribution in [-0.4, -0.2) is 22.4 Å². The van der Waals surface area contributed by atoms with Crippen LogP contribution in [-0.2, 0) is 0 Å². The van der Waals surface area contributed by atoms with Gasteiger partial charge in [0, 0.05) is 22.3 Å². The maximum atomic E-state index is 12.3. The molecule has 0 saturated heterocycles. The van der Waals surface area contributed by atoms with Crippen molar-refractivity contribution in [3.8, 4) is 5.75 Å². The predicted octanol–water partition coefficient (Wildman–Crippen LogP) is 3.62. The van der Waals surface area contributed by atoms with E-state index in [1.54, 1.807) is 24.4 Å². The number of aromatic nitrogens is 2. The van der Waals surface area contributed by atoms with Crippen LogP contribution in [0.15, 0.2) is 30.6 Å². The van der Waals surface area contributed by atoms with E-state index in [4.69, 9.17) is 16.3 Å². The Balaban J connectivity index is 1.88. The molecule has 108 valence electrons. The highest BCUT2D eigenvalue weighted by atomic mass is 35.5. The number of rotatable bonds is 3. The average Bonchev–Trinajstić information content (AvgIpc) is 2.96. The van der Waals surface area contributed by atoms with E-state index in [0.29, 0.717) is 22.2 Å². The zero-order valence-corrected chi connectivity index (χ0v) is 13.0. The summed E-state index contributed by atoms with van der Waals surface area (Å²) >= 11 is 7.48. The highest BCUT2D eigenvalue weighted by molar-refractivity contribution is 7.17. The molecule has 3 aromatic rings. The first-order chi connectivity index (χ1) is 10.1. The number of hydrogen-bond donors (Lipinski definition) is 1. The predicted molar refractivity (Wildman–Crippen MR) is 83.8 cm³/mol. The van der Waals surface area contributed by atoms with E-state index in [0.717, 1.165) is 9.84 Å². The Morgan fingerprint density at radius 2 is 2.24 bits per heavy atom. The maximum absolute atomic E-state index is 12.3. The minimum Gasteiger partial charge on any atom is -0.495 e. The highest BCUT2D eigenvalue weighted by Gasteiger charge is 2.14. The van der Waals surface area contributed by atoms with E-state index < -0.39 is 0 Å². The Kier molecular flexibility index (Phi) is 3.57. The number of carbonyl (C=O) groups is 1. The fourth-order valence-corrected chi connectivity index (χ4v) is 2.97. The summed E-state index contributed by atoms with van der Waals surface area (Å²) in [5.41, 5.74) is 0.866. The molecule has 0 radical (unpaired) electrons. The summed E-state index contributed by atoms with van der Waals surface area (Å²) in [6, 6.07) is 5.04. The smallest absolute Gasteiger partial charge is 0.276 e. The number of ether oxygens (including phenoxy) is 1. The van der Waals surface area contributed by atoms with Gasteiger partial charge in [0.25, 0.3) is 5.91 Å². The highest BCUT2D eigenvalue weighted by Crippen LogP contribution is 2.28. The molecule has 1 N–H and O–H groups in total. The number of thiazole rings is 1. The van der Waals surface area contributed by atoms with Crippen molar-refractivity contribution in [1.82, 2.24) is 9.38 Å². The Morgan fingerprint density at radius 3 is 2.95 bits per heavy atom. The number of fused-ring (bicyclic) bond motifs is 1. The van der Waals surface area contributed by atoms with Crippen molar-refractivity contribution in [1.29, 1.82) is 0 Å². The first kappa shape index (κ1) is 13.9. The minimum atomic E-state index is -0.302. The molecule has 2 aromatic heterocycles. The SMILES string of the molecule is COc1ccc(Cl)cc1NC(=O)c1cn2cc(C)sc2n1. The lowest BCUT2D eigenvalue weighted by atomic mass is 10.3. The standard InChI is InChI=1S/C14H12ClN3O2S/c1-8-6-18-7-11(17-14(18)21-8)13(19)16-10-5-9(15)3-4-12(10)20-2/h3-7H,1-2H3,(H,16,19). The van der Waals surface area contributed by atoms with Gasteiger partial charge in [-0.15, -0.1) is 11.3 Å².